The molecule has 0 amide bonds. The Morgan fingerprint density at radius 1 is 0.708 bits per heavy atom. The summed E-state index contributed by atoms with van der Waals surface area (Å²) in [6.45, 7) is 4.35. The summed E-state index contributed by atoms with van der Waals surface area (Å²) >= 11 is 1.81. The van der Waals surface area contributed by atoms with Crippen LogP contribution in [0.5, 0.6) is 0 Å². The summed E-state index contributed by atoms with van der Waals surface area (Å²) in [6, 6.07) is 30.3. The zero-order valence-electron chi connectivity index (χ0n) is 14.0. The van der Waals surface area contributed by atoms with E-state index < -0.39 is 0 Å². The summed E-state index contributed by atoms with van der Waals surface area (Å²) in [5.74, 6) is 0. The maximum absolute atomic E-state index is 2.27. The molecule has 1 atom stereocenters. The van der Waals surface area contributed by atoms with Crippen LogP contribution >= 0.6 is 11.8 Å². The number of hydrogen-bond acceptors (Lipinski definition) is 1. The molecule has 0 N–H and O–H groups in total. The number of benzene rings is 3. The van der Waals surface area contributed by atoms with Gasteiger partial charge in [-0.15, -0.1) is 0 Å². The maximum Gasteiger partial charge on any atom is 0.166 e. The number of rotatable bonds is 5. The van der Waals surface area contributed by atoms with Crippen molar-refractivity contribution in [1.29, 1.82) is 0 Å². The van der Waals surface area contributed by atoms with Gasteiger partial charge in [0.1, 0.15) is 4.91 Å². The molecule has 0 spiro atoms. The lowest BCUT2D eigenvalue weighted by Gasteiger charge is -2.08. The summed E-state index contributed by atoms with van der Waals surface area (Å²) in [5, 5.41) is 0. The van der Waals surface area contributed by atoms with Gasteiger partial charge in [-0.2, -0.15) is 0 Å². The Kier molecular flexibility index (Phi) is 5.84. The largest absolute Gasteiger partial charge is 0.166 e. The molecule has 0 aliphatic carbocycles. The van der Waals surface area contributed by atoms with Crippen LogP contribution in [0.4, 0.5) is 0 Å². The Labute approximate surface area is 152 Å². The van der Waals surface area contributed by atoms with Crippen LogP contribution in [0.25, 0.3) is 0 Å². The van der Waals surface area contributed by atoms with Gasteiger partial charge in [0.15, 0.2) is 9.79 Å². The second-order valence-corrected chi connectivity index (χ2v) is 8.75. The Morgan fingerprint density at radius 2 is 1.21 bits per heavy atom. The first-order chi connectivity index (χ1) is 11.8. The van der Waals surface area contributed by atoms with Gasteiger partial charge in [-0.3, -0.25) is 0 Å². The molecule has 0 fully saturated rings. The standard InChI is InChI=1S/C22H21S2/c1-3-18(2)24(21-12-8-5-9-13-21)22-16-14-20(15-17-22)23-19-10-6-4-7-11-19/h3-17H,1-2H3/q+1/b18-3+. The monoisotopic (exact) mass is 349 g/mol. The van der Waals surface area contributed by atoms with Gasteiger partial charge in [-0.1, -0.05) is 48.2 Å². The summed E-state index contributed by atoms with van der Waals surface area (Å²) in [5.41, 5.74) is 0. The molecule has 0 heterocycles. The Hall–Kier alpha value is -1.90. The van der Waals surface area contributed by atoms with Crippen molar-refractivity contribution in [3.05, 3.63) is 95.9 Å². The smallest absolute Gasteiger partial charge is 0.0901 e. The van der Waals surface area contributed by atoms with Crippen LogP contribution < -0.4 is 0 Å². The Bertz CT molecular complexity index is 790. The molecule has 0 saturated heterocycles. The SMILES string of the molecule is C/C=C(\C)[S+](c1ccccc1)c1ccc(Sc2ccccc2)cc1. The molecule has 0 saturated carbocycles. The van der Waals surface area contributed by atoms with Crippen molar-refractivity contribution in [2.24, 2.45) is 0 Å². The Morgan fingerprint density at radius 3 is 1.79 bits per heavy atom. The highest BCUT2D eigenvalue weighted by Crippen LogP contribution is 2.33. The first kappa shape index (κ1) is 16.9. The average molecular weight is 350 g/mol. The van der Waals surface area contributed by atoms with Crippen molar-refractivity contribution in [3.63, 3.8) is 0 Å². The number of allylic oxidation sites excluding steroid dienone is 2. The van der Waals surface area contributed by atoms with Gasteiger partial charge in [0.05, 0.1) is 10.9 Å². The van der Waals surface area contributed by atoms with E-state index in [1.165, 1.54) is 24.5 Å². The van der Waals surface area contributed by atoms with Gasteiger partial charge in [-0.05, 0) is 61.5 Å². The van der Waals surface area contributed by atoms with Crippen LogP contribution in [0, 0.1) is 0 Å². The first-order valence-electron chi connectivity index (χ1n) is 8.03. The van der Waals surface area contributed by atoms with Gasteiger partial charge in [-0.25, -0.2) is 0 Å². The van der Waals surface area contributed by atoms with E-state index in [1.807, 2.05) is 0 Å². The van der Waals surface area contributed by atoms with Crippen molar-refractivity contribution in [2.75, 3.05) is 0 Å². The van der Waals surface area contributed by atoms with Gasteiger partial charge >= 0.3 is 0 Å². The molecule has 0 aliphatic heterocycles. The quantitative estimate of drug-likeness (QED) is 0.457. The minimum atomic E-state index is 0.00109. The van der Waals surface area contributed by atoms with Crippen LogP contribution in [0.1, 0.15) is 13.8 Å². The fraction of sp³-hybridized carbons (Fsp3) is 0.0909. The van der Waals surface area contributed by atoms with Crippen molar-refractivity contribution in [3.8, 4) is 0 Å². The van der Waals surface area contributed by atoms with Gasteiger partial charge < -0.3 is 0 Å². The fourth-order valence-electron chi connectivity index (χ4n) is 2.45. The van der Waals surface area contributed by atoms with Crippen LogP contribution in [-0.2, 0) is 10.9 Å². The molecule has 0 radical (unpaired) electrons. The molecule has 3 rings (SSSR count). The highest BCUT2D eigenvalue weighted by Gasteiger charge is 2.27. The molecule has 24 heavy (non-hydrogen) atoms. The third kappa shape index (κ3) is 4.14. The third-order valence-electron chi connectivity index (χ3n) is 3.75. The van der Waals surface area contributed by atoms with Gasteiger partial charge in [0, 0.05) is 16.7 Å². The summed E-state index contributed by atoms with van der Waals surface area (Å²) in [7, 11) is 0.00109. The molecule has 120 valence electrons. The van der Waals surface area contributed by atoms with Crippen LogP contribution in [-0.4, -0.2) is 0 Å². The maximum atomic E-state index is 2.27. The number of hydrogen-bond donors (Lipinski definition) is 0. The zero-order chi connectivity index (χ0) is 16.8. The predicted octanol–water partition coefficient (Wildman–Crippen LogP) is 6.80. The molecular formula is C22H21S2+. The van der Waals surface area contributed by atoms with E-state index in [0.29, 0.717) is 0 Å². The molecule has 0 aromatic heterocycles. The van der Waals surface area contributed by atoms with E-state index in [0.717, 1.165) is 0 Å². The van der Waals surface area contributed by atoms with E-state index in [1.54, 1.807) is 11.8 Å². The van der Waals surface area contributed by atoms with Crippen molar-refractivity contribution >= 4 is 22.7 Å². The van der Waals surface area contributed by atoms with E-state index in [9.17, 15) is 0 Å². The van der Waals surface area contributed by atoms with E-state index in [4.69, 9.17) is 0 Å². The lowest BCUT2D eigenvalue weighted by atomic mass is 10.4. The Balaban J connectivity index is 1.87. The topological polar surface area (TPSA) is 0 Å². The molecule has 3 aromatic rings. The summed E-state index contributed by atoms with van der Waals surface area (Å²) < 4.78 is 0. The van der Waals surface area contributed by atoms with Crippen molar-refractivity contribution in [1.82, 2.24) is 0 Å². The molecule has 2 heteroatoms. The van der Waals surface area contributed by atoms with E-state index >= 15 is 0 Å². The second-order valence-electron chi connectivity index (χ2n) is 5.41. The molecular weight excluding hydrogens is 328 g/mol. The zero-order valence-corrected chi connectivity index (χ0v) is 15.6. The highest BCUT2D eigenvalue weighted by atomic mass is 32.2. The molecule has 1 unspecified atom stereocenters. The second kappa shape index (κ2) is 8.27. The van der Waals surface area contributed by atoms with Crippen LogP contribution in [0.2, 0.25) is 0 Å². The minimum absolute atomic E-state index is 0.00109. The van der Waals surface area contributed by atoms with E-state index in [2.05, 4.69) is 105 Å². The summed E-state index contributed by atoms with van der Waals surface area (Å²) in [4.78, 5) is 6.70. The molecule has 0 nitrogen and oxygen atoms in total. The van der Waals surface area contributed by atoms with Gasteiger partial charge in [0.25, 0.3) is 0 Å². The molecule has 3 aromatic carbocycles. The molecule has 0 aliphatic rings. The van der Waals surface area contributed by atoms with Crippen molar-refractivity contribution in [2.45, 2.75) is 33.4 Å². The fourth-order valence-corrected chi connectivity index (χ4v) is 5.38. The van der Waals surface area contributed by atoms with E-state index in [-0.39, 0.29) is 10.9 Å². The summed E-state index contributed by atoms with van der Waals surface area (Å²) in [6.07, 6.45) is 2.22. The minimum Gasteiger partial charge on any atom is -0.0901 e. The predicted molar refractivity (Wildman–Crippen MR) is 107 cm³/mol. The first-order valence-corrected chi connectivity index (χ1v) is 10.1. The normalized spacial score (nSPS) is 12.8. The average Bonchev–Trinajstić information content (AvgIpc) is 2.65. The lowest BCUT2D eigenvalue weighted by molar-refractivity contribution is 1.31. The third-order valence-corrected chi connectivity index (χ3v) is 7.13. The lowest BCUT2D eigenvalue weighted by Crippen LogP contribution is -2.04. The van der Waals surface area contributed by atoms with Gasteiger partial charge in [0.2, 0.25) is 0 Å². The van der Waals surface area contributed by atoms with Crippen molar-refractivity contribution < 1.29 is 0 Å². The van der Waals surface area contributed by atoms with Crippen LogP contribution in [0.3, 0.4) is 0 Å². The highest BCUT2D eigenvalue weighted by molar-refractivity contribution is 8.00. The van der Waals surface area contributed by atoms with Crippen LogP contribution in [0.15, 0.2) is 115 Å². The molecule has 0 bridgehead atoms.